The summed E-state index contributed by atoms with van der Waals surface area (Å²) in [5, 5.41) is 18.5. The molecule has 0 spiro atoms. The number of fused-ring (bicyclic) bond motifs is 1. The van der Waals surface area contributed by atoms with Crippen molar-refractivity contribution in [2.24, 2.45) is 15.2 Å². The molecule has 11 nitrogen and oxygen atoms in total. The lowest BCUT2D eigenvalue weighted by Crippen LogP contribution is -2.40. The van der Waals surface area contributed by atoms with E-state index in [-0.39, 0.29) is 6.04 Å². The van der Waals surface area contributed by atoms with E-state index in [2.05, 4.69) is 51.5 Å². The summed E-state index contributed by atoms with van der Waals surface area (Å²) in [7, 11) is 1.62. The molecule has 0 bridgehead atoms. The standard InChI is InChI=1S/C32H43N9O2S/c1-22-21-40(16-5-6-19-43-27-11-8-14-36-39-27)17-9-18-41(22)31-35-15-12-25(38-31)23(2)37-30(42-4)32(3)13-7-10-26-28(32)24(20-33)29(34)44-26/h11-12,15,22H,2,5-10,13-14,16-19,21,34H2,1,3-4H3/t22-,32-/m0/s1. The molecule has 1 aliphatic carbocycles. The van der Waals surface area contributed by atoms with Crippen LogP contribution in [0.2, 0.25) is 0 Å². The van der Waals surface area contributed by atoms with Crippen molar-refractivity contribution in [2.75, 3.05) is 57.1 Å². The zero-order chi connectivity index (χ0) is 31.1. The summed E-state index contributed by atoms with van der Waals surface area (Å²) in [6, 6.07) is 4.40. The quantitative estimate of drug-likeness (QED) is 0.204. The van der Waals surface area contributed by atoms with E-state index in [1.807, 2.05) is 12.1 Å². The van der Waals surface area contributed by atoms with E-state index >= 15 is 0 Å². The van der Waals surface area contributed by atoms with Gasteiger partial charge in [-0.1, -0.05) is 6.58 Å². The topological polar surface area (TPSA) is 138 Å². The molecule has 0 radical (unpaired) electrons. The van der Waals surface area contributed by atoms with Crippen molar-refractivity contribution in [2.45, 2.75) is 70.3 Å². The molecule has 2 aromatic heterocycles. The third kappa shape index (κ3) is 6.94. The molecular formula is C32H43N9O2S. The number of aryl methyl sites for hydroxylation is 1. The summed E-state index contributed by atoms with van der Waals surface area (Å²) in [5.74, 6) is 1.85. The van der Waals surface area contributed by atoms with Crippen molar-refractivity contribution < 1.29 is 9.47 Å². The maximum absolute atomic E-state index is 9.87. The number of ether oxygens (including phenoxy) is 2. The van der Waals surface area contributed by atoms with Gasteiger partial charge in [-0.15, -0.1) is 16.5 Å². The third-order valence-electron chi connectivity index (χ3n) is 8.61. The van der Waals surface area contributed by atoms with E-state index in [1.54, 1.807) is 13.3 Å². The van der Waals surface area contributed by atoms with Gasteiger partial charge in [0.1, 0.15) is 11.1 Å². The molecule has 0 saturated carbocycles. The highest BCUT2D eigenvalue weighted by Crippen LogP contribution is 2.46. The number of anilines is 2. The molecule has 1 saturated heterocycles. The summed E-state index contributed by atoms with van der Waals surface area (Å²) in [4.78, 5) is 20.4. The van der Waals surface area contributed by atoms with Crippen molar-refractivity contribution in [3.8, 4) is 6.07 Å². The Balaban J connectivity index is 1.23. The third-order valence-corrected chi connectivity index (χ3v) is 9.69. The lowest BCUT2D eigenvalue weighted by atomic mass is 9.72. The van der Waals surface area contributed by atoms with Crippen LogP contribution in [0.15, 0.2) is 46.0 Å². The summed E-state index contributed by atoms with van der Waals surface area (Å²) >= 11 is 1.50. The van der Waals surface area contributed by atoms with Crippen LogP contribution in [-0.4, -0.2) is 73.2 Å². The number of thiophene rings is 1. The minimum absolute atomic E-state index is 0.246. The maximum Gasteiger partial charge on any atom is 0.228 e. The first kappa shape index (κ1) is 31.6. The average molecular weight is 618 g/mol. The van der Waals surface area contributed by atoms with E-state index in [1.165, 1.54) is 11.3 Å². The minimum atomic E-state index is -0.576. The van der Waals surface area contributed by atoms with E-state index in [9.17, 15) is 5.26 Å². The number of nitriles is 1. The number of nitrogens with zero attached hydrogens (tertiary/aromatic N) is 8. The van der Waals surface area contributed by atoms with Crippen LogP contribution in [0.1, 0.15) is 74.1 Å². The summed E-state index contributed by atoms with van der Waals surface area (Å²) in [6.07, 6.45) is 10.4. The van der Waals surface area contributed by atoms with Crippen LogP contribution in [0.4, 0.5) is 10.9 Å². The lowest BCUT2D eigenvalue weighted by Gasteiger charge is -2.34. The molecule has 2 aromatic rings. The number of hydrogen-bond acceptors (Lipinski definition) is 12. The van der Waals surface area contributed by atoms with Gasteiger partial charge in [-0.05, 0) is 84.0 Å². The predicted molar refractivity (Wildman–Crippen MR) is 175 cm³/mol. The fourth-order valence-electron chi connectivity index (χ4n) is 6.39. The van der Waals surface area contributed by atoms with E-state index in [4.69, 9.17) is 25.2 Å². The van der Waals surface area contributed by atoms with Crippen LogP contribution in [0, 0.1) is 11.3 Å². The van der Waals surface area contributed by atoms with Gasteiger partial charge < -0.3 is 25.0 Å². The summed E-state index contributed by atoms with van der Waals surface area (Å²) in [6.45, 7) is 13.9. The minimum Gasteiger partial charge on any atom is -0.483 e. The fourth-order valence-corrected chi connectivity index (χ4v) is 7.58. The first-order valence-electron chi connectivity index (χ1n) is 15.5. The first-order valence-corrected chi connectivity index (χ1v) is 16.3. The van der Waals surface area contributed by atoms with Crippen molar-refractivity contribution in [3.05, 3.63) is 52.5 Å². The van der Waals surface area contributed by atoms with E-state index in [0.29, 0.717) is 46.3 Å². The molecule has 2 atom stereocenters. The molecule has 2 N–H and O–H groups in total. The van der Waals surface area contributed by atoms with Crippen molar-refractivity contribution >= 4 is 33.9 Å². The number of azo groups is 1. The highest BCUT2D eigenvalue weighted by atomic mass is 32.1. The Morgan fingerprint density at radius 3 is 2.95 bits per heavy atom. The largest absolute Gasteiger partial charge is 0.483 e. The molecule has 234 valence electrons. The van der Waals surface area contributed by atoms with Crippen molar-refractivity contribution in [3.63, 3.8) is 0 Å². The number of rotatable bonds is 10. The van der Waals surface area contributed by atoms with Crippen LogP contribution in [0.3, 0.4) is 0 Å². The van der Waals surface area contributed by atoms with Gasteiger partial charge in [0.05, 0.1) is 42.6 Å². The monoisotopic (exact) mass is 617 g/mol. The summed E-state index contributed by atoms with van der Waals surface area (Å²) in [5.41, 5.74) is 8.27. The van der Waals surface area contributed by atoms with Gasteiger partial charge >= 0.3 is 0 Å². The van der Waals surface area contributed by atoms with E-state index in [0.717, 1.165) is 88.1 Å². The Hall–Kier alpha value is -3.82. The SMILES string of the molecule is C=C(N=C(OC)[C@@]1(C)CCCc2sc(N)c(C#N)c21)c1ccnc(N2CCCN(CCCCOC3=CCCN=N3)C[C@@H]2C)n1. The van der Waals surface area contributed by atoms with E-state index < -0.39 is 5.41 Å². The Bertz CT molecular complexity index is 1480. The molecule has 12 heteroatoms. The maximum atomic E-state index is 9.87. The van der Waals surface area contributed by atoms with Crippen LogP contribution in [0.25, 0.3) is 5.70 Å². The molecule has 3 aliphatic rings. The second-order valence-electron chi connectivity index (χ2n) is 11.8. The number of aromatic nitrogens is 2. The number of unbranched alkanes of at least 4 members (excludes halogenated alkanes) is 1. The normalized spacial score (nSPS) is 22.5. The number of aliphatic imine (C=N–C) groups is 1. The first-order chi connectivity index (χ1) is 21.3. The van der Waals surface area contributed by atoms with Crippen LogP contribution >= 0.6 is 11.3 Å². The number of hydrogen-bond donors (Lipinski definition) is 1. The molecule has 1 fully saturated rings. The molecule has 5 rings (SSSR count). The molecule has 0 unspecified atom stereocenters. The Labute approximate surface area is 264 Å². The average Bonchev–Trinajstić information content (AvgIpc) is 3.26. The molecule has 44 heavy (non-hydrogen) atoms. The number of nitrogens with two attached hydrogens (primary N) is 1. The van der Waals surface area contributed by atoms with Gasteiger partial charge in [-0.25, -0.2) is 15.0 Å². The zero-order valence-electron chi connectivity index (χ0n) is 26.1. The van der Waals surface area contributed by atoms with Gasteiger partial charge in [0, 0.05) is 35.8 Å². The van der Waals surface area contributed by atoms with Crippen LogP contribution in [-0.2, 0) is 21.3 Å². The van der Waals surface area contributed by atoms with Gasteiger partial charge in [0.25, 0.3) is 0 Å². The molecule has 0 amide bonds. The van der Waals surface area contributed by atoms with Gasteiger partial charge in [0.15, 0.2) is 5.90 Å². The Morgan fingerprint density at radius 1 is 1.32 bits per heavy atom. The second-order valence-corrected chi connectivity index (χ2v) is 12.9. The lowest BCUT2D eigenvalue weighted by molar-refractivity contribution is 0.188. The highest BCUT2D eigenvalue weighted by molar-refractivity contribution is 7.16. The smallest absolute Gasteiger partial charge is 0.228 e. The zero-order valence-corrected chi connectivity index (χ0v) is 26.9. The number of methoxy groups -OCH3 is 1. The van der Waals surface area contributed by atoms with Crippen molar-refractivity contribution in [1.29, 1.82) is 5.26 Å². The Morgan fingerprint density at radius 2 is 2.18 bits per heavy atom. The molecule has 2 aliphatic heterocycles. The Kier molecular flexibility index (Phi) is 10.3. The number of nitrogen functional groups attached to an aromatic ring is 1. The van der Waals surface area contributed by atoms with Crippen molar-refractivity contribution in [1.82, 2.24) is 14.9 Å². The van der Waals surface area contributed by atoms with Gasteiger partial charge in [-0.2, -0.15) is 10.4 Å². The highest BCUT2D eigenvalue weighted by Gasteiger charge is 2.42. The predicted octanol–water partition coefficient (Wildman–Crippen LogP) is 5.70. The van der Waals surface area contributed by atoms with Gasteiger partial charge in [0.2, 0.25) is 11.8 Å². The molecule has 4 heterocycles. The van der Waals surface area contributed by atoms with Gasteiger partial charge in [-0.3, -0.25) is 0 Å². The van der Waals surface area contributed by atoms with Crippen LogP contribution < -0.4 is 10.6 Å². The second kappa shape index (κ2) is 14.3. The fraction of sp³-hybridized carbons (Fsp3) is 0.562. The molecular weight excluding hydrogens is 574 g/mol. The van der Waals surface area contributed by atoms with Crippen LogP contribution in [0.5, 0.6) is 0 Å². The molecule has 0 aromatic carbocycles. The summed E-state index contributed by atoms with van der Waals surface area (Å²) < 4.78 is 11.6.